The Kier molecular flexibility index (Phi) is 10.6. The van der Waals surface area contributed by atoms with Gasteiger partial charge in [0.05, 0.1) is 17.1 Å². The molecule has 7 heteroatoms. The van der Waals surface area contributed by atoms with Crippen molar-refractivity contribution in [3.05, 3.63) is 110 Å². The van der Waals surface area contributed by atoms with Crippen molar-refractivity contribution in [2.24, 2.45) is 0 Å². The first-order chi connectivity index (χ1) is 22.7. The Bertz CT molecular complexity index is 1590. The topological polar surface area (TPSA) is 53.5 Å². The highest BCUT2D eigenvalue weighted by Crippen LogP contribution is 2.36. The molecule has 6 rings (SSSR count). The van der Waals surface area contributed by atoms with Crippen molar-refractivity contribution in [2.75, 3.05) is 0 Å². The molecule has 3 aromatic carbocycles. The van der Waals surface area contributed by atoms with Crippen LogP contribution >= 0.6 is 7.92 Å². The number of imidazole rings is 3. The summed E-state index contributed by atoms with van der Waals surface area (Å²) in [6.07, 6.45) is 13.4. The monoisotopic (exact) mass is 628 g/mol. The van der Waals surface area contributed by atoms with Crippen LogP contribution in [-0.4, -0.2) is 28.7 Å². The zero-order valence-electron chi connectivity index (χ0n) is 27.4. The molecule has 236 valence electrons. The van der Waals surface area contributed by atoms with E-state index in [1.165, 1.54) is 0 Å². The third-order valence-corrected chi connectivity index (χ3v) is 10.6. The number of hydrogen-bond acceptors (Lipinski definition) is 3. The van der Waals surface area contributed by atoms with Gasteiger partial charge in [0.15, 0.2) is 0 Å². The standard InChI is InChI=1S/C39H45N6P/c1-4-7-25-43-28-34(31-19-13-10-14-20-31)40-37(43)46(38-41-35(29-44(38)26-8-5-2)32-21-15-11-16-22-32)39-42-36(30-45(39)27-9-6-3)33-23-17-12-18-24-33/h10-24,28-30H,4-9,25-27H2,1-3H3. The molecule has 46 heavy (non-hydrogen) atoms. The van der Waals surface area contributed by atoms with Gasteiger partial charge in [-0.2, -0.15) is 0 Å². The van der Waals surface area contributed by atoms with Crippen molar-refractivity contribution < 1.29 is 0 Å². The summed E-state index contributed by atoms with van der Waals surface area (Å²) in [4.78, 5) is 16.4. The second kappa shape index (κ2) is 15.3. The maximum absolute atomic E-state index is 5.48. The van der Waals surface area contributed by atoms with E-state index in [1.807, 2.05) is 0 Å². The number of hydrogen-bond donors (Lipinski definition) is 0. The first kappa shape index (κ1) is 31.7. The predicted molar refractivity (Wildman–Crippen MR) is 194 cm³/mol. The largest absolute Gasteiger partial charge is 0.330 e. The van der Waals surface area contributed by atoms with E-state index in [0.29, 0.717) is 0 Å². The van der Waals surface area contributed by atoms with Gasteiger partial charge in [0.25, 0.3) is 0 Å². The van der Waals surface area contributed by atoms with Crippen LogP contribution in [0.4, 0.5) is 0 Å². The minimum atomic E-state index is -1.21. The summed E-state index contributed by atoms with van der Waals surface area (Å²) in [5, 5.41) is 0. The van der Waals surface area contributed by atoms with Gasteiger partial charge in [-0.25, -0.2) is 15.0 Å². The van der Waals surface area contributed by atoms with Gasteiger partial charge in [0.1, 0.15) is 24.6 Å². The van der Waals surface area contributed by atoms with E-state index >= 15 is 0 Å². The van der Waals surface area contributed by atoms with E-state index in [0.717, 1.165) is 109 Å². The maximum atomic E-state index is 5.48. The van der Waals surface area contributed by atoms with Crippen LogP contribution < -0.4 is 16.7 Å². The molecule has 0 N–H and O–H groups in total. The zero-order chi connectivity index (χ0) is 31.7. The summed E-state index contributed by atoms with van der Waals surface area (Å²) in [5.41, 5.74) is 9.60. The Balaban J connectivity index is 1.61. The molecule has 0 saturated carbocycles. The molecule has 0 bridgehead atoms. The second-order valence-corrected chi connectivity index (χ2v) is 13.7. The molecule has 6 aromatic rings. The van der Waals surface area contributed by atoms with Gasteiger partial charge >= 0.3 is 0 Å². The highest BCUT2D eigenvalue weighted by atomic mass is 31.1. The molecule has 0 radical (unpaired) electrons. The Hall–Kier alpha value is -4.28. The van der Waals surface area contributed by atoms with Crippen molar-refractivity contribution in [1.29, 1.82) is 0 Å². The lowest BCUT2D eigenvalue weighted by Gasteiger charge is -2.20. The van der Waals surface area contributed by atoms with Crippen LogP contribution in [0, 0.1) is 0 Å². The van der Waals surface area contributed by atoms with Crippen molar-refractivity contribution in [1.82, 2.24) is 28.7 Å². The molecule has 0 unspecified atom stereocenters. The molecule has 6 nitrogen and oxygen atoms in total. The molecular weight excluding hydrogens is 583 g/mol. The Morgan fingerprint density at radius 1 is 0.435 bits per heavy atom. The lowest BCUT2D eigenvalue weighted by atomic mass is 10.2. The van der Waals surface area contributed by atoms with Gasteiger partial charge in [-0.05, 0) is 19.3 Å². The van der Waals surface area contributed by atoms with Gasteiger partial charge in [0, 0.05) is 54.9 Å². The van der Waals surface area contributed by atoms with E-state index in [9.17, 15) is 0 Å². The smallest absolute Gasteiger partial charge is 0.147 e. The first-order valence-corrected chi connectivity index (χ1v) is 18.2. The fourth-order valence-corrected chi connectivity index (χ4v) is 8.15. The lowest BCUT2D eigenvalue weighted by molar-refractivity contribution is 0.638. The third kappa shape index (κ3) is 7.08. The van der Waals surface area contributed by atoms with Gasteiger partial charge < -0.3 is 13.7 Å². The Labute approximate surface area is 275 Å². The van der Waals surface area contributed by atoms with Crippen LogP contribution in [0.5, 0.6) is 0 Å². The molecule has 0 saturated heterocycles. The number of nitrogens with zero attached hydrogens (tertiary/aromatic N) is 6. The summed E-state index contributed by atoms with van der Waals surface area (Å²) in [6, 6.07) is 31.7. The maximum Gasteiger partial charge on any atom is 0.147 e. The van der Waals surface area contributed by atoms with Gasteiger partial charge in [-0.15, -0.1) is 0 Å². The van der Waals surface area contributed by atoms with Gasteiger partial charge in [-0.1, -0.05) is 131 Å². The summed E-state index contributed by atoms with van der Waals surface area (Å²) in [7, 11) is -1.21. The second-order valence-electron chi connectivity index (χ2n) is 11.9. The van der Waals surface area contributed by atoms with Crippen LogP contribution in [0.1, 0.15) is 59.3 Å². The number of unbranched alkanes of at least 4 members (excludes halogenated alkanes) is 3. The van der Waals surface area contributed by atoms with Crippen LogP contribution in [0.3, 0.4) is 0 Å². The fourth-order valence-electron chi connectivity index (χ4n) is 5.75. The zero-order valence-corrected chi connectivity index (χ0v) is 28.3. The average molecular weight is 629 g/mol. The van der Waals surface area contributed by atoms with E-state index in [-0.39, 0.29) is 0 Å². The summed E-state index contributed by atoms with van der Waals surface area (Å²) in [6.45, 7) is 9.49. The molecule has 3 aromatic heterocycles. The predicted octanol–water partition coefficient (Wildman–Crippen LogP) is 8.44. The van der Waals surface area contributed by atoms with Crippen LogP contribution in [-0.2, 0) is 19.6 Å². The lowest BCUT2D eigenvalue weighted by Crippen LogP contribution is -2.36. The average Bonchev–Trinajstić information content (AvgIpc) is 3.85. The molecule has 0 aliphatic rings. The molecule has 0 aliphatic carbocycles. The quantitative estimate of drug-likeness (QED) is 0.107. The summed E-state index contributed by atoms with van der Waals surface area (Å²) >= 11 is 0. The van der Waals surface area contributed by atoms with Gasteiger partial charge in [-0.3, -0.25) is 0 Å². The number of rotatable bonds is 15. The molecule has 0 amide bonds. The highest BCUT2D eigenvalue weighted by molar-refractivity contribution is 7.78. The minimum absolute atomic E-state index is 0.910. The van der Waals surface area contributed by atoms with E-state index < -0.39 is 7.92 Å². The van der Waals surface area contributed by atoms with E-state index in [2.05, 4.69) is 144 Å². The van der Waals surface area contributed by atoms with Crippen molar-refractivity contribution >= 4 is 24.6 Å². The van der Waals surface area contributed by atoms with E-state index in [4.69, 9.17) is 15.0 Å². The Morgan fingerprint density at radius 2 is 0.717 bits per heavy atom. The normalized spacial score (nSPS) is 11.5. The molecule has 0 spiro atoms. The number of aryl methyl sites for hydroxylation is 3. The van der Waals surface area contributed by atoms with Crippen LogP contribution in [0.2, 0.25) is 0 Å². The van der Waals surface area contributed by atoms with Crippen molar-refractivity contribution in [2.45, 2.75) is 78.9 Å². The minimum Gasteiger partial charge on any atom is -0.330 e. The number of aromatic nitrogens is 6. The van der Waals surface area contributed by atoms with Crippen molar-refractivity contribution in [3.63, 3.8) is 0 Å². The van der Waals surface area contributed by atoms with Crippen molar-refractivity contribution in [3.8, 4) is 33.8 Å². The van der Waals surface area contributed by atoms with Crippen LogP contribution in [0.15, 0.2) is 110 Å². The summed E-state index contributed by atoms with van der Waals surface area (Å²) < 4.78 is 7.21. The molecule has 0 aliphatic heterocycles. The number of benzene rings is 3. The molecule has 0 fully saturated rings. The van der Waals surface area contributed by atoms with E-state index in [1.54, 1.807) is 0 Å². The fraction of sp³-hybridized carbons (Fsp3) is 0.308. The highest BCUT2D eigenvalue weighted by Gasteiger charge is 2.33. The first-order valence-electron chi connectivity index (χ1n) is 16.9. The Morgan fingerprint density at radius 3 is 0.978 bits per heavy atom. The molecular formula is C39H45N6P. The SMILES string of the molecule is CCCCn1cc(-c2ccccc2)nc1P(c1nc(-c2ccccc2)cn1CCCC)c1nc(-c2ccccc2)cn1CCCC. The third-order valence-electron chi connectivity index (χ3n) is 8.33. The summed E-state index contributed by atoms with van der Waals surface area (Å²) in [5.74, 6) is 0. The van der Waals surface area contributed by atoms with Crippen LogP contribution in [0.25, 0.3) is 33.8 Å². The van der Waals surface area contributed by atoms with Gasteiger partial charge in [0.2, 0.25) is 0 Å². The molecule has 3 heterocycles. The molecule has 0 atom stereocenters.